The second-order valence-corrected chi connectivity index (χ2v) is 9.30. The van der Waals surface area contributed by atoms with Gasteiger partial charge in [0.2, 0.25) is 5.91 Å². The lowest BCUT2D eigenvalue weighted by Crippen LogP contribution is -2.45. The van der Waals surface area contributed by atoms with Crippen LogP contribution in [0.15, 0.2) is 24.3 Å². The fraction of sp³-hybridized carbons (Fsp3) is 0.652. The topological polar surface area (TPSA) is 58.6 Å². The van der Waals surface area contributed by atoms with Gasteiger partial charge in [-0.05, 0) is 48.1 Å². The normalized spacial score (nSPS) is 21.9. The van der Waals surface area contributed by atoms with E-state index >= 15 is 0 Å². The lowest BCUT2D eigenvalue weighted by atomic mass is 9.71. The number of nitrogens with one attached hydrogen (secondary N) is 1. The summed E-state index contributed by atoms with van der Waals surface area (Å²) in [7, 11) is 0. The van der Waals surface area contributed by atoms with E-state index in [4.69, 9.17) is 4.74 Å². The number of carbonyl (C=O) groups excluding carboxylic acids is 2. The largest absolute Gasteiger partial charge is 0.449 e. The highest BCUT2D eigenvalue weighted by Crippen LogP contribution is 2.41. The third-order valence-corrected chi connectivity index (χ3v) is 6.10. The maximum atomic E-state index is 12.9. The summed E-state index contributed by atoms with van der Waals surface area (Å²) in [5.74, 6) is 0.418. The maximum Gasteiger partial charge on any atom is 0.409 e. The van der Waals surface area contributed by atoms with Crippen LogP contribution in [-0.4, -0.2) is 36.6 Å². The molecule has 1 aromatic carbocycles. The molecule has 1 heterocycles. The Hall–Kier alpha value is -2.04. The molecule has 0 spiro atoms. The SMILES string of the molecule is CC(C)COC(=O)N1CCC(C(=O)NC2CCC(C)(C)c3ccccc32)CC1. The third kappa shape index (κ3) is 4.68. The standard InChI is InChI=1S/C23H34N2O3/c1-16(2)15-28-22(27)25-13-10-17(11-14-25)21(26)24-20-9-12-23(3,4)19-8-6-5-7-18(19)20/h5-8,16-17,20H,9-15H2,1-4H3,(H,24,26). The second-order valence-electron chi connectivity index (χ2n) is 9.30. The van der Waals surface area contributed by atoms with Crippen LogP contribution in [0.25, 0.3) is 0 Å². The molecule has 1 aliphatic heterocycles. The molecule has 0 aromatic heterocycles. The number of fused-ring (bicyclic) bond motifs is 1. The summed E-state index contributed by atoms with van der Waals surface area (Å²) >= 11 is 0. The smallest absolute Gasteiger partial charge is 0.409 e. The molecule has 0 radical (unpaired) electrons. The predicted octanol–water partition coefficient (Wildman–Crippen LogP) is 4.42. The fourth-order valence-corrected chi connectivity index (χ4v) is 4.31. The zero-order chi connectivity index (χ0) is 20.3. The molecule has 28 heavy (non-hydrogen) atoms. The number of likely N-dealkylation sites (tertiary alicyclic amines) is 1. The number of ether oxygens (including phenoxy) is 1. The first-order valence-electron chi connectivity index (χ1n) is 10.6. The molecule has 5 heteroatoms. The van der Waals surface area contributed by atoms with Crippen molar-refractivity contribution in [1.29, 1.82) is 0 Å². The van der Waals surface area contributed by atoms with Crippen LogP contribution in [0.2, 0.25) is 0 Å². The number of hydrogen-bond acceptors (Lipinski definition) is 3. The van der Waals surface area contributed by atoms with Gasteiger partial charge in [-0.25, -0.2) is 4.79 Å². The molecular formula is C23H34N2O3. The number of rotatable bonds is 4. The molecule has 154 valence electrons. The summed E-state index contributed by atoms with van der Waals surface area (Å²) in [5, 5.41) is 3.29. The maximum absolute atomic E-state index is 12.9. The zero-order valence-corrected chi connectivity index (χ0v) is 17.7. The van der Waals surface area contributed by atoms with E-state index < -0.39 is 0 Å². The van der Waals surface area contributed by atoms with E-state index in [1.807, 2.05) is 13.8 Å². The van der Waals surface area contributed by atoms with Gasteiger partial charge in [0.05, 0.1) is 12.6 Å². The summed E-state index contributed by atoms with van der Waals surface area (Å²) in [4.78, 5) is 26.7. The molecule has 5 nitrogen and oxygen atoms in total. The average molecular weight is 387 g/mol. The zero-order valence-electron chi connectivity index (χ0n) is 17.7. The van der Waals surface area contributed by atoms with Gasteiger partial charge in [-0.3, -0.25) is 4.79 Å². The minimum atomic E-state index is -0.254. The highest BCUT2D eigenvalue weighted by Gasteiger charge is 2.35. The van der Waals surface area contributed by atoms with Gasteiger partial charge in [0.25, 0.3) is 0 Å². The van der Waals surface area contributed by atoms with Crippen molar-refractivity contribution in [2.45, 2.75) is 64.8 Å². The predicted molar refractivity (Wildman–Crippen MR) is 110 cm³/mol. The first kappa shape index (κ1) is 20.7. The van der Waals surface area contributed by atoms with Crippen LogP contribution in [0.1, 0.15) is 70.5 Å². The van der Waals surface area contributed by atoms with Crippen molar-refractivity contribution in [2.24, 2.45) is 11.8 Å². The van der Waals surface area contributed by atoms with Crippen LogP contribution in [0.3, 0.4) is 0 Å². The first-order chi connectivity index (χ1) is 13.3. The molecule has 1 atom stereocenters. The minimum absolute atomic E-state index is 0.0313. The molecule has 3 rings (SSSR count). The van der Waals surface area contributed by atoms with Crippen LogP contribution in [0, 0.1) is 11.8 Å². The molecule has 2 amide bonds. The van der Waals surface area contributed by atoms with E-state index in [0.717, 1.165) is 12.8 Å². The van der Waals surface area contributed by atoms with E-state index in [-0.39, 0.29) is 29.4 Å². The first-order valence-corrected chi connectivity index (χ1v) is 10.6. The Morgan fingerprint density at radius 3 is 2.54 bits per heavy atom. The van der Waals surface area contributed by atoms with Crippen LogP contribution >= 0.6 is 0 Å². The van der Waals surface area contributed by atoms with E-state index in [0.29, 0.717) is 38.5 Å². The van der Waals surface area contributed by atoms with Crippen molar-refractivity contribution in [1.82, 2.24) is 10.2 Å². The van der Waals surface area contributed by atoms with Crippen molar-refractivity contribution >= 4 is 12.0 Å². The van der Waals surface area contributed by atoms with Crippen molar-refractivity contribution in [3.05, 3.63) is 35.4 Å². The third-order valence-electron chi connectivity index (χ3n) is 6.10. The Kier molecular flexibility index (Phi) is 6.31. The highest BCUT2D eigenvalue weighted by molar-refractivity contribution is 5.79. The molecule has 2 aliphatic rings. The van der Waals surface area contributed by atoms with E-state index in [1.165, 1.54) is 11.1 Å². The molecule has 1 fully saturated rings. The van der Waals surface area contributed by atoms with E-state index in [9.17, 15) is 9.59 Å². The number of amides is 2. The Balaban J connectivity index is 1.55. The van der Waals surface area contributed by atoms with Gasteiger partial charge in [-0.15, -0.1) is 0 Å². The van der Waals surface area contributed by atoms with Crippen molar-refractivity contribution < 1.29 is 14.3 Å². The van der Waals surface area contributed by atoms with Gasteiger partial charge in [0.1, 0.15) is 0 Å². The van der Waals surface area contributed by atoms with Gasteiger partial charge in [0.15, 0.2) is 0 Å². The van der Waals surface area contributed by atoms with Crippen LogP contribution in [0.5, 0.6) is 0 Å². The summed E-state index contributed by atoms with van der Waals surface area (Å²) in [6.45, 7) is 10.2. The molecule has 0 bridgehead atoms. The van der Waals surface area contributed by atoms with Crippen LogP contribution in [-0.2, 0) is 14.9 Å². The molecular weight excluding hydrogens is 352 g/mol. The number of hydrogen-bond donors (Lipinski definition) is 1. The fourth-order valence-electron chi connectivity index (χ4n) is 4.31. The van der Waals surface area contributed by atoms with E-state index in [1.54, 1.807) is 4.90 Å². The molecule has 0 saturated carbocycles. The summed E-state index contributed by atoms with van der Waals surface area (Å²) in [6.07, 6.45) is 3.17. The van der Waals surface area contributed by atoms with Crippen molar-refractivity contribution in [3.63, 3.8) is 0 Å². The average Bonchev–Trinajstić information content (AvgIpc) is 2.68. The quantitative estimate of drug-likeness (QED) is 0.833. The van der Waals surface area contributed by atoms with E-state index in [2.05, 4.69) is 43.4 Å². The molecule has 1 saturated heterocycles. The molecule has 1 unspecified atom stereocenters. The van der Waals surface area contributed by atoms with Crippen LogP contribution < -0.4 is 5.32 Å². The van der Waals surface area contributed by atoms with Gasteiger partial charge in [-0.1, -0.05) is 52.0 Å². The summed E-state index contributed by atoms with van der Waals surface area (Å²) < 4.78 is 5.31. The minimum Gasteiger partial charge on any atom is -0.449 e. The Morgan fingerprint density at radius 2 is 1.86 bits per heavy atom. The van der Waals surface area contributed by atoms with Gasteiger partial charge in [-0.2, -0.15) is 0 Å². The lowest BCUT2D eigenvalue weighted by molar-refractivity contribution is -0.127. The Morgan fingerprint density at radius 1 is 1.18 bits per heavy atom. The van der Waals surface area contributed by atoms with Crippen molar-refractivity contribution in [2.75, 3.05) is 19.7 Å². The lowest BCUT2D eigenvalue weighted by Gasteiger charge is -2.38. The summed E-state index contributed by atoms with van der Waals surface area (Å²) in [5.41, 5.74) is 2.75. The second kappa shape index (κ2) is 8.54. The Labute approximate surface area is 168 Å². The molecule has 1 N–H and O–H groups in total. The molecule has 1 aliphatic carbocycles. The van der Waals surface area contributed by atoms with Crippen LogP contribution in [0.4, 0.5) is 4.79 Å². The van der Waals surface area contributed by atoms with Gasteiger partial charge < -0.3 is 15.0 Å². The number of carbonyl (C=O) groups is 2. The van der Waals surface area contributed by atoms with Gasteiger partial charge in [0, 0.05) is 19.0 Å². The number of piperidine rings is 1. The number of benzene rings is 1. The van der Waals surface area contributed by atoms with Gasteiger partial charge >= 0.3 is 6.09 Å². The summed E-state index contributed by atoms with van der Waals surface area (Å²) in [6, 6.07) is 8.56. The molecule has 1 aromatic rings. The monoisotopic (exact) mass is 386 g/mol. The number of nitrogens with zero attached hydrogens (tertiary/aromatic N) is 1. The highest BCUT2D eigenvalue weighted by atomic mass is 16.6. The van der Waals surface area contributed by atoms with Crippen molar-refractivity contribution in [3.8, 4) is 0 Å². The Bertz CT molecular complexity index is 706.